The molecule has 1 aromatic rings. The zero-order chi connectivity index (χ0) is 21.8. The van der Waals surface area contributed by atoms with Gasteiger partial charge < -0.3 is 10.2 Å². The Labute approximate surface area is 185 Å². The molecule has 7 nitrogen and oxygen atoms in total. The van der Waals surface area contributed by atoms with Crippen molar-refractivity contribution in [1.82, 2.24) is 15.1 Å². The molecule has 3 aliphatic rings. The summed E-state index contributed by atoms with van der Waals surface area (Å²) in [6, 6.07) is 7.67. The predicted molar refractivity (Wildman–Crippen MR) is 119 cm³/mol. The monoisotopic (exact) mass is 447 g/mol. The lowest BCUT2D eigenvalue weighted by molar-refractivity contribution is -0.126. The van der Waals surface area contributed by atoms with Crippen molar-refractivity contribution in [3.8, 4) is 0 Å². The van der Waals surface area contributed by atoms with E-state index in [0.29, 0.717) is 17.9 Å². The number of piperidine rings is 2. The molecule has 0 radical (unpaired) electrons. The van der Waals surface area contributed by atoms with Crippen LogP contribution in [0.1, 0.15) is 54.4 Å². The standard InChI is InChI=1S/C23H33N3O4S/c27-22(19-8-13-25(14-9-19)21-10-15-31(29,30)17-21)24-16-18-4-6-20(7-5-18)23(28)26-11-2-1-3-12-26/h4-7,19,21H,1-3,8-17H2,(H,24,27)/t21-/m1/s1. The van der Waals surface area contributed by atoms with E-state index < -0.39 is 9.84 Å². The summed E-state index contributed by atoms with van der Waals surface area (Å²) in [5, 5.41) is 3.03. The topological polar surface area (TPSA) is 86.8 Å². The van der Waals surface area contributed by atoms with Crippen LogP contribution in [0.25, 0.3) is 0 Å². The number of carbonyl (C=O) groups is 2. The molecule has 8 heteroatoms. The molecule has 0 unspecified atom stereocenters. The molecule has 0 saturated carbocycles. The summed E-state index contributed by atoms with van der Waals surface area (Å²) in [6.45, 7) is 3.70. The van der Waals surface area contributed by atoms with E-state index in [2.05, 4.69) is 10.2 Å². The van der Waals surface area contributed by atoms with Gasteiger partial charge in [-0.3, -0.25) is 14.5 Å². The molecule has 3 saturated heterocycles. The van der Waals surface area contributed by atoms with Crippen LogP contribution < -0.4 is 5.32 Å². The van der Waals surface area contributed by atoms with E-state index in [0.717, 1.165) is 63.8 Å². The molecule has 31 heavy (non-hydrogen) atoms. The van der Waals surface area contributed by atoms with Gasteiger partial charge in [-0.2, -0.15) is 0 Å². The van der Waals surface area contributed by atoms with Gasteiger partial charge in [0.2, 0.25) is 5.91 Å². The fourth-order valence-electron chi connectivity index (χ4n) is 4.97. The third kappa shape index (κ3) is 5.66. The average Bonchev–Trinajstić information content (AvgIpc) is 3.17. The van der Waals surface area contributed by atoms with Crippen molar-refractivity contribution in [3.63, 3.8) is 0 Å². The zero-order valence-electron chi connectivity index (χ0n) is 18.1. The molecule has 170 valence electrons. The molecule has 3 fully saturated rings. The van der Waals surface area contributed by atoms with Gasteiger partial charge in [-0.05, 0) is 69.3 Å². The van der Waals surface area contributed by atoms with Gasteiger partial charge in [0.05, 0.1) is 11.5 Å². The minimum atomic E-state index is -2.87. The number of carbonyl (C=O) groups excluding carboxylic acids is 2. The smallest absolute Gasteiger partial charge is 0.253 e. The summed E-state index contributed by atoms with van der Waals surface area (Å²) < 4.78 is 23.4. The van der Waals surface area contributed by atoms with Crippen LogP contribution in [0, 0.1) is 5.92 Å². The minimum Gasteiger partial charge on any atom is -0.352 e. The lowest BCUT2D eigenvalue weighted by Gasteiger charge is -2.34. The second kappa shape index (κ2) is 9.69. The molecule has 0 bridgehead atoms. The predicted octanol–water partition coefficient (Wildman–Crippen LogP) is 1.83. The van der Waals surface area contributed by atoms with E-state index in [4.69, 9.17) is 0 Å². The largest absolute Gasteiger partial charge is 0.352 e. The molecular formula is C23H33N3O4S. The number of nitrogens with one attached hydrogen (secondary N) is 1. The summed E-state index contributed by atoms with van der Waals surface area (Å²) in [5.41, 5.74) is 1.69. The summed E-state index contributed by atoms with van der Waals surface area (Å²) in [7, 11) is -2.87. The van der Waals surface area contributed by atoms with Crippen LogP contribution in [0.3, 0.4) is 0 Å². The first kappa shape index (κ1) is 22.3. The van der Waals surface area contributed by atoms with Gasteiger partial charge in [0.15, 0.2) is 9.84 Å². The Bertz CT molecular complexity index is 886. The van der Waals surface area contributed by atoms with Crippen molar-refractivity contribution in [2.24, 2.45) is 5.92 Å². The normalized spacial score (nSPS) is 24.8. The number of sulfone groups is 1. The van der Waals surface area contributed by atoms with E-state index in [1.165, 1.54) is 6.42 Å². The van der Waals surface area contributed by atoms with Gasteiger partial charge >= 0.3 is 0 Å². The average molecular weight is 448 g/mol. The first-order chi connectivity index (χ1) is 14.9. The van der Waals surface area contributed by atoms with Crippen LogP contribution in [0.4, 0.5) is 0 Å². The lowest BCUT2D eigenvalue weighted by atomic mass is 9.94. The Morgan fingerprint density at radius 2 is 1.61 bits per heavy atom. The maximum absolute atomic E-state index is 12.6. The van der Waals surface area contributed by atoms with Crippen molar-refractivity contribution in [2.75, 3.05) is 37.7 Å². The lowest BCUT2D eigenvalue weighted by Crippen LogP contribution is -2.45. The molecule has 1 aromatic carbocycles. The van der Waals surface area contributed by atoms with Crippen LogP contribution in [0.2, 0.25) is 0 Å². The molecule has 1 N–H and O–H groups in total. The second-order valence-electron chi connectivity index (χ2n) is 9.13. The van der Waals surface area contributed by atoms with Gasteiger partial charge in [0, 0.05) is 37.2 Å². The maximum atomic E-state index is 12.6. The van der Waals surface area contributed by atoms with Crippen LogP contribution in [-0.4, -0.2) is 73.8 Å². The zero-order valence-corrected chi connectivity index (χ0v) is 18.9. The van der Waals surface area contributed by atoms with Gasteiger partial charge in [-0.25, -0.2) is 8.42 Å². The number of benzene rings is 1. The first-order valence-corrected chi connectivity index (χ1v) is 13.3. The van der Waals surface area contributed by atoms with E-state index in [9.17, 15) is 18.0 Å². The van der Waals surface area contributed by atoms with Crippen LogP contribution in [0.5, 0.6) is 0 Å². The van der Waals surface area contributed by atoms with E-state index in [1.807, 2.05) is 29.2 Å². The fraction of sp³-hybridized carbons (Fsp3) is 0.652. The quantitative estimate of drug-likeness (QED) is 0.744. The fourth-order valence-corrected chi connectivity index (χ4v) is 6.73. The van der Waals surface area contributed by atoms with Crippen LogP contribution in [-0.2, 0) is 21.2 Å². The highest BCUT2D eigenvalue weighted by molar-refractivity contribution is 7.91. The number of hydrogen-bond donors (Lipinski definition) is 1. The Hall–Kier alpha value is -1.93. The Kier molecular flexibility index (Phi) is 6.96. The molecule has 3 heterocycles. The maximum Gasteiger partial charge on any atom is 0.253 e. The van der Waals surface area contributed by atoms with Gasteiger partial charge in [0.25, 0.3) is 5.91 Å². The van der Waals surface area contributed by atoms with Gasteiger partial charge in [-0.15, -0.1) is 0 Å². The Morgan fingerprint density at radius 3 is 2.23 bits per heavy atom. The first-order valence-electron chi connectivity index (χ1n) is 11.5. The summed E-state index contributed by atoms with van der Waals surface area (Å²) in [5.74, 6) is 0.694. The third-order valence-electron chi connectivity index (χ3n) is 6.94. The number of hydrogen-bond acceptors (Lipinski definition) is 5. The molecule has 0 spiro atoms. The highest BCUT2D eigenvalue weighted by Gasteiger charge is 2.35. The van der Waals surface area contributed by atoms with Crippen LogP contribution in [0.15, 0.2) is 24.3 Å². The van der Waals surface area contributed by atoms with E-state index in [-0.39, 0.29) is 29.5 Å². The third-order valence-corrected chi connectivity index (χ3v) is 8.69. The molecule has 3 aliphatic heterocycles. The van der Waals surface area contributed by atoms with Crippen LogP contribution >= 0.6 is 0 Å². The van der Waals surface area contributed by atoms with Gasteiger partial charge in [-0.1, -0.05) is 12.1 Å². The van der Waals surface area contributed by atoms with E-state index in [1.54, 1.807) is 0 Å². The number of nitrogens with zero attached hydrogens (tertiary/aromatic N) is 2. The van der Waals surface area contributed by atoms with Crippen molar-refractivity contribution in [3.05, 3.63) is 35.4 Å². The van der Waals surface area contributed by atoms with Crippen molar-refractivity contribution in [2.45, 2.75) is 51.1 Å². The minimum absolute atomic E-state index is 0.0192. The highest BCUT2D eigenvalue weighted by atomic mass is 32.2. The molecule has 1 atom stereocenters. The summed E-state index contributed by atoms with van der Waals surface area (Å²) in [4.78, 5) is 29.3. The Balaban J connectivity index is 1.21. The molecule has 0 aliphatic carbocycles. The molecule has 0 aromatic heterocycles. The molecular weight excluding hydrogens is 414 g/mol. The Morgan fingerprint density at radius 1 is 0.935 bits per heavy atom. The SMILES string of the molecule is O=C(NCc1ccc(C(=O)N2CCCCC2)cc1)C1CCN([C@@H]2CCS(=O)(=O)C2)CC1. The molecule has 4 rings (SSSR count). The number of amides is 2. The van der Waals surface area contributed by atoms with Gasteiger partial charge in [0.1, 0.15) is 0 Å². The van der Waals surface area contributed by atoms with Crippen molar-refractivity contribution in [1.29, 1.82) is 0 Å². The summed E-state index contributed by atoms with van der Waals surface area (Å²) >= 11 is 0. The number of likely N-dealkylation sites (tertiary alicyclic amines) is 2. The molecule has 2 amide bonds. The van der Waals surface area contributed by atoms with Crippen molar-refractivity contribution < 1.29 is 18.0 Å². The second-order valence-corrected chi connectivity index (χ2v) is 11.4. The number of rotatable bonds is 5. The highest BCUT2D eigenvalue weighted by Crippen LogP contribution is 2.24. The van der Waals surface area contributed by atoms with E-state index >= 15 is 0 Å². The van der Waals surface area contributed by atoms with Crippen molar-refractivity contribution >= 4 is 21.7 Å². The summed E-state index contributed by atoms with van der Waals surface area (Å²) in [6.07, 6.45) is 5.61.